The van der Waals surface area contributed by atoms with E-state index in [9.17, 15) is 9.18 Å². The van der Waals surface area contributed by atoms with Gasteiger partial charge in [0, 0.05) is 26.2 Å². The fourth-order valence-corrected chi connectivity index (χ4v) is 4.90. The van der Waals surface area contributed by atoms with Gasteiger partial charge in [-0.2, -0.15) is 0 Å². The third kappa shape index (κ3) is 5.73. The van der Waals surface area contributed by atoms with E-state index in [4.69, 9.17) is 25.8 Å². The highest BCUT2D eigenvalue weighted by molar-refractivity contribution is 7.23. The van der Waals surface area contributed by atoms with Gasteiger partial charge in [0.05, 0.1) is 30.0 Å². The SMILES string of the molecule is COc1ccc(Cl)c2sc(N(CCCN3CCOCC3)C(=O)COc3ccccc3F)nc12. The average molecular weight is 494 g/mol. The van der Waals surface area contributed by atoms with Gasteiger partial charge in [-0.25, -0.2) is 9.37 Å². The standard InChI is InChI=1S/C23H25ClFN3O4S/c1-30-19-8-7-16(24)22-21(19)26-23(33-22)28(10-4-9-27-11-13-31-14-12-27)20(29)15-32-18-6-3-2-5-17(18)25/h2-3,5-8H,4,9-15H2,1H3. The topological polar surface area (TPSA) is 64.1 Å². The van der Waals surface area contributed by atoms with Crippen molar-refractivity contribution in [2.45, 2.75) is 6.42 Å². The third-order valence-electron chi connectivity index (χ3n) is 5.35. The molecule has 1 aliphatic heterocycles. The summed E-state index contributed by atoms with van der Waals surface area (Å²) >= 11 is 7.69. The van der Waals surface area contributed by atoms with Crippen molar-refractivity contribution >= 4 is 44.2 Å². The molecule has 2 heterocycles. The highest BCUT2D eigenvalue weighted by Crippen LogP contribution is 2.38. The molecule has 10 heteroatoms. The monoisotopic (exact) mass is 493 g/mol. The van der Waals surface area contributed by atoms with Crippen LogP contribution in [0.15, 0.2) is 36.4 Å². The number of rotatable bonds is 9. The number of carbonyl (C=O) groups excluding carboxylic acids is 1. The quantitative estimate of drug-likeness (QED) is 0.444. The molecule has 0 atom stereocenters. The molecule has 0 aliphatic carbocycles. The van der Waals surface area contributed by atoms with Crippen molar-refractivity contribution < 1.29 is 23.4 Å². The summed E-state index contributed by atoms with van der Waals surface area (Å²) in [5, 5.41) is 1.04. The summed E-state index contributed by atoms with van der Waals surface area (Å²) in [6, 6.07) is 9.51. The van der Waals surface area contributed by atoms with Gasteiger partial charge in [0.25, 0.3) is 5.91 Å². The van der Waals surface area contributed by atoms with Crippen LogP contribution in [0.5, 0.6) is 11.5 Å². The third-order valence-corrected chi connectivity index (χ3v) is 6.89. The Morgan fingerprint density at radius 1 is 1.24 bits per heavy atom. The summed E-state index contributed by atoms with van der Waals surface area (Å²) in [6.07, 6.45) is 0.742. The number of aromatic nitrogens is 1. The molecule has 0 N–H and O–H groups in total. The molecule has 2 aromatic carbocycles. The number of amides is 1. The number of hydrogen-bond donors (Lipinski definition) is 0. The summed E-state index contributed by atoms with van der Waals surface area (Å²) < 4.78 is 31.0. The predicted molar refractivity (Wildman–Crippen MR) is 127 cm³/mol. The van der Waals surface area contributed by atoms with E-state index in [1.807, 2.05) is 0 Å². The van der Waals surface area contributed by atoms with Crippen LogP contribution < -0.4 is 14.4 Å². The Morgan fingerprint density at radius 2 is 2.03 bits per heavy atom. The molecule has 0 radical (unpaired) electrons. The lowest BCUT2D eigenvalue weighted by Gasteiger charge is -2.27. The lowest BCUT2D eigenvalue weighted by atomic mass is 10.3. The van der Waals surface area contributed by atoms with Crippen LogP contribution in [-0.2, 0) is 9.53 Å². The molecule has 1 amide bonds. The molecule has 176 valence electrons. The maximum atomic E-state index is 13.9. The highest BCUT2D eigenvalue weighted by atomic mass is 35.5. The van der Waals surface area contributed by atoms with Gasteiger partial charge in [0.1, 0.15) is 11.3 Å². The number of anilines is 1. The first-order valence-electron chi connectivity index (χ1n) is 10.7. The summed E-state index contributed by atoms with van der Waals surface area (Å²) in [4.78, 5) is 21.7. The predicted octanol–water partition coefficient (Wildman–Crippen LogP) is 4.23. The lowest BCUT2D eigenvalue weighted by molar-refractivity contribution is -0.120. The first-order chi connectivity index (χ1) is 16.1. The van der Waals surface area contributed by atoms with E-state index in [-0.39, 0.29) is 18.3 Å². The van der Waals surface area contributed by atoms with E-state index < -0.39 is 5.82 Å². The molecule has 0 spiro atoms. The van der Waals surface area contributed by atoms with Crippen molar-refractivity contribution in [1.29, 1.82) is 0 Å². The van der Waals surface area contributed by atoms with Gasteiger partial charge in [-0.3, -0.25) is 14.6 Å². The van der Waals surface area contributed by atoms with Gasteiger partial charge >= 0.3 is 0 Å². The van der Waals surface area contributed by atoms with Crippen LogP contribution in [0.1, 0.15) is 6.42 Å². The maximum Gasteiger partial charge on any atom is 0.266 e. The number of ether oxygens (including phenoxy) is 3. The molecule has 1 saturated heterocycles. The second-order valence-electron chi connectivity index (χ2n) is 7.50. The number of morpholine rings is 1. The highest BCUT2D eigenvalue weighted by Gasteiger charge is 2.23. The Kier molecular flexibility index (Phi) is 7.97. The summed E-state index contributed by atoms with van der Waals surface area (Å²) in [5.74, 6) is -0.205. The molecule has 0 unspecified atom stereocenters. The van der Waals surface area contributed by atoms with Crippen molar-refractivity contribution in [2.75, 3.05) is 58.0 Å². The number of carbonyl (C=O) groups is 1. The van der Waals surface area contributed by atoms with Crippen molar-refractivity contribution in [3.63, 3.8) is 0 Å². The average Bonchev–Trinajstić information content (AvgIpc) is 3.28. The van der Waals surface area contributed by atoms with Crippen LogP contribution in [-0.4, -0.2) is 68.9 Å². The lowest BCUT2D eigenvalue weighted by Crippen LogP contribution is -2.40. The van der Waals surface area contributed by atoms with Crippen molar-refractivity contribution in [2.24, 2.45) is 0 Å². The molecule has 1 aliphatic rings. The molecule has 4 rings (SSSR count). The minimum Gasteiger partial charge on any atom is -0.494 e. The number of nitrogens with zero attached hydrogens (tertiary/aromatic N) is 3. The molecule has 33 heavy (non-hydrogen) atoms. The van der Waals surface area contributed by atoms with Gasteiger partial charge < -0.3 is 14.2 Å². The number of fused-ring (bicyclic) bond motifs is 1. The smallest absolute Gasteiger partial charge is 0.266 e. The van der Waals surface area contributed by atoms with Crippen LogP contribution in [0, 0.1) is 5.82 Å². The van der Waals surface area contributed by atoms with Gasteiger partial charge in [0.2, 0.25) is 0 Å². The minimum absolute atomic E-state index is 0.0353. The maximum absolute atomic E-state index is 13.9. The summed E-state index contributed by atoms with van der Waals surface area (Å²) in [6.45, 7) is 4.15. The second-order valence-corrected chi connectivity index (χ2v) is 8.88. The number of para-hydroxylation sites is 1. The zero-order valence-electron chi connectivity index (χ0n) is 18.3. The van der Waals surface area contributed by atoms with Crippen molar-refractivity contribution in [1.82, 2.24) is 9.88 Å². The van der Waals surface area contributed by atoms with Gasteiger partial charge in [0.15, 0.2) is 23.3 Å². The van der Waals surface area contributed by atoms with E-state index >= 15 is 0 Å². The Balaban J connectivity index is 1.53. The number of thiazole rings is 1. The summed E-state index contributed by atoms with van der Waals surface area (Å²) in [5.41, 5.74) is 0.603. The zero-order chi connectivity index (χ0) is 23.2. The minimum atomic E-state index is -0.513. The van der Waals surface area contributed by atoms with Crippen LogP contribution in [0.2, 0.25) is 5.02 Å². The molecular formula is C23H25ClFN3O4S. The van der Waals surface area contributed by atoms with E-state index in [0.717, 1.165) is 44.0 Å². The van der Waals surface area contributed by atoms with E-state index in [1.54, 1.807) is 36.3 Å². The first kappa shape index (κ1) is 23.7. The van der Waals surface area contributed by atoms with Gasteiger partial charge in [-0.1, -0.05) is 35.1 Å². The molecular weight excluding hydrogens is 469 g/mol. The van der Waals surface area contributed by atoms with Crippen LogP contribution >= 0.6 is 22.9 Å². The van der Waals surface area contributed by atoms with Gasteiger partial charge in [-0.05, 0) is 30.7 Å². The second kappa shape index (κ2) is 11.1. The Hall–Kier alpha value is -2.46. The van der Waals surface area contributed by atoms with E-state index in [0.29, 0.717) is 28.0 Å². The largest absolute Gasteiger partial charge is 0.494 e. The Morgan fingerprint density at radius 3 is 2.79 bits per heavy atom. The Labute approximate surface area is 200 Å². The van der Waals surface area contributed by atoms with Crippen LogP contribution in [0.25, 0.3) is 10.2 Å². The van der Waals surface area contributed by atoms with Crippen molar-refractivity contribution in [3.8, 4) is 11.5 Å². The van der Waals surface area contributed by atoms with Crippen LogP contribution in [0.4, 0.5) is 9.52 Å². The first-order valence-corrected chi connectivity index (χ1v) is 11.9. The fraction of sp³-hybridized carbons (Fsp3) is 0.391. The fourth-order valence-electron chi connectivity index (χ4n) is 3.60. The number of benzene rings is 2. The van der Waals surface area contributed by atoms with Gasteiger partial charge in [-0.15, -0.1) is 0 Å². The summed E-state index contributed by atoms with van der Waals surface area (Å²) in [7, 11) is 1.56. The zero-order valence-corrected chi connectivity index (χ0v) is 19.8. The number of methoxy groups -OCH3 is 1. The molecule has 0 bridgehead atoms. The molecule has 1 aromatic heterocycles. The number of hydrogen-bond acceptors (Lipinski definition) is 7. The van der Waals surface area contributed by atoms with E-state index in [2.05, 4.69) is 9.88 Å². The molecule has 7 nitrogen and oxygen atoms in total. The van der Waals surface area contributed by atoms with Crippen LogP contribution in [0.3, 0.4) is 0 Å². The molecule has 0 saturated carbocycles. The normalized spacial score (nSPS) is 14.4. The molecule has 3 aromatic rings. The molecule has 1 fully saturated rings. The number of halogens is 2. The Bertz CT molecular complexity index is 1110. The van der Waals surface area contributed by atoms with Crippen molar-refractivity contribution in [3.05, 3.63) is 47.2 Å². The van der Waals surface area contributed by atoms with E-state index in [1.165, 1.54) is 23.5 Å².